The molecule has 5 amide bonds. The minimum absolute atomic E-state index is 0.0884. The minimum atomic E-state index is -1.51. The molecule has 3 N–H and O–H groups in total. The highest BCUT2D eigenvalue weighted by Gasteiger charge is 2.60. The molecule has 41 heavy (non-hydrogen) atoms. The molecule has 0 radical (unpaired) electrons. The lowest BCUT2D eigenvalue weighted by molar-refractivity contribution is -0.142. The van der Waals surface area contributed by atoms with Crippen molar-refractivity contribution in [3.05, 3.63) is 42.0 Å². The number of nitrogens with one attached hydrogen (secondary N) is 1. The van der Waals surface area contributed by atoms with Crippen LogP contribution in [0.15, 0.2) is 41.3 Å². The normalized spacial score (nSPS) is 28.7. The predicted octanol–water partition coefficient (Wildman–Crippen LogP) is 4.13. The number of nitrogens with two attached hydrogens (primary N) is 1. The van der Waals surface area contributed by atoms with Crippen molar-refractivity contribution >= 4 is 34.7 Å². The zero-order valence-electron chi connectivity index (χ0n) is 24.4. The van der Waals surface area contributed by atoms with Gasteiger partial charge in [-0.2, -0.15) is 0 Å². The van der Waals surface area contributed by atoms with Crippen LogP contribution in [0.2, 0.25) is 0 Å². The third-order valence-corrected chi connectivity index (χ3v) is 9.78. The number of urea groups is 1. The highest BCUT2D eigenvalue weighted by atomic mass is 32.2. The lowest BCUT2D eigenvalue weighted by atomic mass is 10.0. The molecule has 11 heteroatoms. The summed E-state index contributed by atoms with van der Waals surface area (Å²) < 4.78 is 19.3. The lowest BCUT2D eigenvalue weighted by Gasteiger charge is -2.34. The van der Waals surface area contributed by atoms with E-state index in [2.05, 4.69) is 11.4 Å². The number of primary amides is 1. The van der Waals surface area contributed by atoms with Crippen molar-refractivity contribution in [1.29, 1.82) is 0 Å². The Morgan fingerprint density at radius 3 is 2.46 bits per heavy atom. The van der Waals surface area contributed by atoms with E-state index in [1.165, 1.54) is 4.90 Å². The largest absolute Gasteiger partial charge is 0.443 e. The summed E-state index contributed by atoms with van der Waals surface area (Å²) in [5.41, 5.74) is 5.77. The summed E-state index contributed by atoms with van der Waals surface area (Å²) in [6.45, 7) is 7.25. The Morgan fingerprint density at radius 1 is 1.10 bits per heavy atom. The molecule has 1 saturated carbocycles. The van der Waals surface area contributed by atoms with E-state index in [0.29, 0.717) is 42.0 Å². The molecule has 1 aliphatic carbocycles. The van der Waals surface area contributed by atoms with E-state index in [1.807, 2.05) is 37.3 Å². The molecule has 1 aromatic rings. The van der Waals surface area contributed by atoms with Crippen LogP contribution in [0.3, 0.4) is 0 Å². The Bertz CT molecular complexity index is 1230. The molecular weight excluding hydrogens is 544 g/mol. The number of imide groups is 1. The first-order valence-corrected chi connectivity index (χ1v) is 15.6. The standard InChI is InChI=1S/C30H42N4O6S/c1-20-14-16-22(17-15-20)41(39)30-19-21(30)11-8-6-5-7-9-12-24(34(27(31)37)28(38)40-29(2,3)4)26(36)33-18-10-13-23(33)25(35)32-30/h8,11,14-17,21,23-24H,5-7,9-10,12-13,18-19H2,1-4H3,(H2,31,37)(H,32,35)/b11-8-/t21-,23+,24+,30-,41+/m1/s1. The minimum Gasteiger partial charge on any atom is -0.443 e. The van der Waals surface area contributed by atoms with E-state index in [1.54, 1.807) is 20.8 Å². The number of carbonyl (C=O) groups is 4. The van der Waals surface area contributed by atoms with Gasteiger partial charge in [-0.15, -0.1) is 0 Å². The third-order valence-electron chi connectivity index (χ3n) is 7.84. The van der Waals surface area contributed by atoms with E-state index < -0.39 is 51.4 Å². The maximum atomic E-state index is 14.0. The summed E-state index contributed by atoms with van der Waals surface area (Å²) in [4.78, 5) is 55.2. The quantitative estimate of drug-likeness (QED) is 0.511. The van der Waals surface area contributed by atoms with Gasteiger partial charge in [-0.05, 0) is 78.4 Å². The molecule has 2 aliphatic heterocycles. The van der Waals surface area contributed by atoms with Gasteiger partial charge in [-0.3, -0.25) is 13.8 Å². The monoisotopic (exact) mass is 586 g/mol. The van der Waals surface area contributed by atoms with Gasteiger partial charge in [0.15, 0.2) is 0 Å². The smallest absolute Gasteiger partial charge is 0.419 e. The maximum Gasteiger partial charge on any atom is 0.419 e. The van der Waals surface area contributed by atoms with Gasteiger partial charge >= 0.3 is 12.1 Å². The molecule has 0 bridgehead atoms. The average Bonchev–Trinajstić information content (AvgIpc) is 3.34. The van der Waals surface area contributed by atoms with Gasteiger partial charge in [0.1, 0.15) is 22.6 Å². The Balaban J connectivity index is 1.65. The van der Waals surface area contributed by atoms with Crippen molar-refractivity contribution in [2.75, 3.05) is 6.54 Å². The van der Waals surface area contributed by atoms with Gasteiger partial charge in [0.25, 0.3) is 0 Å². The zero-order valence-corrected chi connectivity index (χ0v) is 25.2. The molecule has 2 heterocycles. The molecule has 10 nitrogen and oxygen atoms in total. The van der Waals surface area contributed by atoms with Gasteiger partial charge in [-0.25, -0.2) is 14.5 Å². The molecule has 3 aliphatic rings. The molecule has 0 unspecified atom stereocenters. The van der Waals surface area contributed by atoms with Crippen LogP contribution in [0, 0.1) is 12.8 Å². The van der Waals surface area contributed by atoms with Crippen LogP contribution in [0.5, 0.6) is 0 Å². The van der Waals surface area contributed by atoms with Crippen molar-refractivity contribution in [3.63, 3.8) is 0 Å². The van der Waals surface area contributed by atoms with Crippen molar-refractivity contribution in [2.24, 2.45) is 11.7 Å². The number of allylic oxidation sites excluding steroid dienone is 1. The first-order valence-electron chi connectivity index (χ1n) is 14.4. The Morgan fingerprint density at radius 2 is 1.80 bits per heavy atom. The molecule has 224 valence electrons. The zero-order chi connectivity index (χ0) is 29.9. The second-order valence-electron chi connectivity index (χ2n) is 12.2. The molecule has 0 aromatic heterocycles. The van der Waals surface area contributed by atoms with Gasteiger partial charge < -0.3 is 20.7 Å². The number of hydrogen-bond acceptors (Lipinski definition) is 6. The number of carbonyl (C=O) groups excluding carboxylic acids is 4. The average molecular weight is 587 g/mol. The number of aryl methyl sites for hydroxylation is 1. The van der Waals surface area contributed by atoms with Crippen LogP contribution >= 0.6 is 0 Å². The maximum absolute atomic E-state index is 14.0. The number of nitrogens with zero attached hydrogens (tertiary/aromatic N) is 2. The molecule has 2 fully saturated rings. The molecular formula is C30H42N4O6S. The van der Waals surface area contributed by atoms with Crippen LogP contribution < -0.4 is 11.1 Å². The fourth-order valence-corrected chi connectivity index (χ4v) is 7.32. The molecule has 1 aromatic carbocycles. The second kappa shape index (κ2) is 12.3. The Labute approximate surface area is 244 Å². The van der Waals surface area contributed by atoms with Crippen molar-refractivity contribution < 1.29 is 28.1 Å². The summed E-state index contributed by atoms with van der Waals surface area (Å²) in [5.74, 6) is -0.986. The fraction of sp³-hybridized carbons (Fsp3) is 0.600. The Kier molecular flexibility index (Phi) is 9.25. The SMILES string of the molecule is Cc1ccc([S@](=O)[C@]23C[C@H]2/C=C\CCCCC[C@H](N(C(N)=O)C(=O)OC(C)(C)C)C(=O)N2CCC[C@H]2C(=O)N3)cc1. The number of ether oxygens (including phenoxy) is 1. The van der Waals surface area contributed by atoms with E-state index in [-0.39, 0.29) is 18.2 Å². The molecule has 1 saturated heterocycles. The first-order chi connectivity index (χ1) is 19.3. The summed E-state index contributed by atoms with van der Waals surface area (Å²) in [7, 11) is -1.51. The molecule has 5 atom stereocenters. The number of hydrogen-bond donors (Lipinski definition) is 2. The van der Waals surface area contributed by atoms with E-state index in [4.69, 9.17) is 10.5 Å². The van der Waals surface area contributed by atoms with Crippen molar-refractivity contribution in [1.82, 2.24) is 15.1 Å². The van der Waals surface area contributed by atoms with Gasteiger partial charge in [-0.1, -0.05) is 42.7 Å². The van der Waals surface area contributed by atoms with Gasteiger partial charge in [0.05, 0.1) is 10.8 Å². The van der Waals surface area contributed by atoms with E-state index in [9.17, 15) is 23.4 Å². The first kappa shape index (κ1) is 30.7. The predicted molar refractivity (Wildman–Crippen MR) is 155 cm³/mol. The number of amides is 5. The van der Waals surface area contributed by atoms with Crippen LogP contribution in [0.4, 0.5) is 9.59 Å². The molecule has 4 rings (SSSR count). The van der Waals surface area contributed by atoms with Crippen LogP contribution in [-0.4, -0.2) is 67.0 Å². The highest BCUT2D eigenvalue weighted by Crippen LogP contribution is 2.50. The Hall–Kier alpha value is -3.21. The molecule has 0 spiro atoms. The van der Waals surface area contributed by atoms with Crippen LogP contribution in [0.1, 0.15) is 77.7 Å². The summed E-state index contributed by atoms with van der Waals surface area (Å²) >= 11 is 0. The van der Waals surface area contributed by atoms with Gasteiger partial charge in [0.2, 0.25) is 11.8 Å². The summed E-state index contributed by atoms with van der Waals surface area (Å²) in [6, 6.07) is 4.36. The lowest BCUT2D eigenvalue weighted by Crippen LogP contribution is -2.59. The fourth-order valence-electron chi connectivity index (χ4n) is 5.64. The number of fused-ring (bicyclic) bond motifs is 2. The van der Waals surface area contributed by atoms with Gasteiger partial charge in [0, 0.05) is 17.4 Å². The van der Waals surface area contributed by atoms with Crippen LogP contribution in [0.25, 0.3) is 0 Å². The summed E-state index contributed by atoms with van der Waals surface area (Å²) in [5, 5.41) is 3.08. The highest BCUT2D eigenvalue weighted by molar-refractivity contribution is 7.86. The van der Waals surface area contributed by atoms with Crippen molar-refractivity contribution in [3.8, 4) is 0 Å². The third kappa shape index (κ3) is 6.99. The number of rotatable bonds is 3. The second-order valence-corrected chi connectivity index (χ2v) is 14.0. The van der Waals surface area contributed by atoms with Crippen LogP contribution in [-0.2, 0) is 25.1 Å². The van der Waals surface area contributed by atoms with E-state index >= 15 is 0 Å². The topological polar surface area (TPSA) is 139 Å². The van der Waals surface area contributed by atoms with Crippen molar-refractivity contribution in [2.45, 2.75) is 107 Å². The van der Waals surface area contributed by atoms with E-state index in [0.717, 1.165) is 24.8 Å². The number of benzene rings is 1. The summed E-state index contributed by atoms with van der Waals surface area (Å²) in [6.07, 6.45) is 7.81.